The Labute approximate surface area is 211 Å². The van der Waals surface area contributed by atoms with E-state index in [1.165, 1.54) is 25.3 Å². The second kappa shape index (κ2) is 9.06. The molecule has 37 heavy (non-hydrogen) atoms. The van der Waals surface area contributed by atoms with Crippen LogP contribution < -0.4 is 20.9 Å². The van der Waals surface area contributed by atoms with Crippen molar-refractivity contribution in [1.29, 1.82) is 0 Å². The summed E-state index contributed by atoms with van der Waals surface area (Å²) in [5.41, 5.74) is 13.3. The van der Waals surface area contributed by atoms with Gasteiger partial charge in [0.05, 0.1) is 16.9 Å². The molecular formula is C25H21N5O6S. The number of ether oxygens (including phenoxy) is 2. The largest absolute Gasteiger partial charge is 0.493 e. The van der Waals surface area contributed by atoms with Crippen molar-refractivity contribution in [3.63, 3.8) is 0 Å². The maximum Gasteiger partial charge on any atom is 0.269 e. The standard InChI is InChI=1S/C25H21N5O6S/c1-35-22-11-14(10-16-13-28-25(27)29-23(16)26)2-9-21(22)36-24-19-8-7-18(37(24,33)34)12-20(19)15-3-5-17(6-4-15)30(31)32/h2-9,11-13,24H,10H2,1H3,(H4,26,27,28,29). The van der Waals surface area contributed by atoms with Crippen LogP contribution >= 0.6 is 0 Å². The third-order valence-corrected chi connectivity index (χ3v) is 7.88. The summed E-state index contributed by atoms with van der Waals surface area (Å²) in [6.07, 6.45) is 1.95. The van der Waals surface area contributed by atoms with E-state index in [9.17, 15) is 18.5 Å². The minimum atomic E-state index is -3.83. The van der Waals surface area contributed by atoms with Crippen molar-refractivity contribution in [2.24, 2.45) is 0 Å². The van der Waals surface area contributed by atoms with Gasteiger partial charge in [-0.05, 0) is 53.1 Å². The van der Waals surface area contributed by atoms with E-state index in [1.54, 1.807) is 48.7 Å². The van der Waals surface area contributed by atoms with Crippen LogP contribution in [0, 0.1) is 10.1 Å². The number of nitro benzene ring substituents is 1. The fraction of sp³-hybridized carbons (Fsp3) is 0.120. The second-order valence-electron chi connectivity index (χ2n) is 8.35. The summed E-state index contributed by atoms with van der Waals surface area (Å²) in [5.74, 6) is 0.914. The highest BCUT2D eigenvalue weighted by Gasteiger charge is 2.39. The van der Waals surface area contributed by atoms with E-state index in [-0.39, 0.29) is 28.1 Å². The number of nitrogens with two attached hydrogens (primary N) is 2. The Balaban J connectivity index is 1.47. The van der Waals surface area contributed by atoms with E-state index >= 15 is 0 Å². The third kappa shape index (κ3) is 4.38. The number of hydrogen-bond acceptors (Lipinski definition) is 10. The lowest BCUT2D eigenvalue weighted by atomic mass is 9.99. The van der Waals surface area contributed by atoms with Crippen molar-refractivity contribution in [2.75, 3.05) is 18.6 Å². The van der Waals surface area contributed by atoms with Crippen LogP contribution in [0.4, 0.5) is 17.5 Å². The monoisotopic (exact) mass is 519 g/mol. The minimum Gasteiger partial charge on any atom is -0.493 e. The summed E-state index contributed by atoms with van der Waals surface area (Å²) in [4.78, 5) is 18.5. The van der Waals surface area contributed by atoms with E-state index in [0.29, 0.717) is 34.4 Å². The number of anilines is 2. The van der Waals surface area contributed by atoms with E-state index in [1.807, 2.05) is 0 Å². The first kappa shape index (κ1) is 24.0. The number of hydrogen-bond donors (Lipinski definition) is 2. The van der Waals surface area contributed by atoms with Crippen LogP contribution in [0.1, 0.15) is 22.1 Å². The molecule has 1 unspecified atom stereocenters. The summed E-state index contributed by atoms with van der Waals surface area (Å²) in [7, 11) is -2.38. The predicted octanol–water partition coefficient (Wildman–Crippen LogP) is 3.68. The molecule has 3 heterocycles. The molecule has 0 aliphatic carbocycles. The zero-order chi connectivity index (χ0) is 26.3. The van der Waals surface area contributed by atoms with Gasteiger partial charge in [0.25, 0.3) is 5.69 Å². The van der Waals surface area contributed by atoms with E-state index in [4.69, 9.17) is 20.9 Å². The Morgan fingerprint density at radius 1 is 1.03 bits per heavy atom. The molecule has 0 spiro atoms. The lowest BCUT2D eigenvalue weighted by molar-refractivity contribution is -0.384. The van der Waals surface area contributed by atoms with Gasteiger partial charge in [-0.25, -0.2) is 13.4 Å². The van der Waals surface area contributed by atoms with Gasteiger partial charge >= 0.3 is 0 Å². The quantitative estimate of drug-likeness (QED) is 0.271. The Kier molecular flexibility index (Phi) is 5.88. The van der Waals surface area contributed by atoms with Gasteiger partial charge in [0.1, 0.15) is 5.82 Å². The number of nitro groups is 1. The molecule has 0 radical (unpaired) electrons. The summed E-state index contributed by atoms with van der Waals surface area (Å²) in [6.45, 7) is 0. The topological polar surface area (TPSA) is 174 Å². The first-order chi connectivity index (χ1) is 17.7. The minimum absolute atomic E-state index is 0.0592. The highest BCUT2D eigenvalue weighted by molar-refractivity contribution is 7.91. The fourth-order valence-electron chi connectivity index (χ4n) is 4.17. The molecule has 0 saturated heterocycles. The summed E-state index contributed by atoms with van der Waals surface area (Å²) >= 11 is 0. The highest BCUT2D eigenvalue weighted by atomic mass is 32.2. The van der Waals surface area contributed by atoms with Gasteiger partial charge in [0, 0.05) is 35.9 Å². The molecule has 0 saturated carbocycles. The molecule has 6 rings (SSSR count). The lowest BCUT2D eigenvalue weighted by Gasteiger charge is -2.28. The lowest BCUT2D eigenvalue weighted by Crippen LogP contribution is -2.25. The summed E-state index contributed by atoms with van der Waals surface area (Å²) in [6, 6.07) is 15.8. The third-order valence-electron chi connectivity index (χ3n) is 6.05. The van der Waals surface area contributed by atoms with Gasteiger partial charge in [-0.15, -0.1) is 0 Å². The molecule has 4 N–H and O–H groups in total. The zero-order valence-corrected chi connectivity index (χ0v) is 20.3. The number of aromatic nitrogens is 2. The molecule has 4 aromatic rings. The molecule has 1 aromatic heterocycles. The van der Waals surface area contributed by atoms with Gasteiger partial charge in [0.2, 0.25) is 21.2 Å². The molecule has 1 atom stereocenters. The van der Waals surface area contributed by atoms with Crippen LogP contribution in [-0.2, 0) is 16.3 Å². The normalized spacial score (nSPS) is 15.3. The highest BCUT2D eigenvalue weighted by Crippen LogP contribution is 2.45. The molecule has 11 nitrogen and oxygen atoms in total. The van der Waals surface area contributed by atoms with Crippen molar-refractivity contribution in [1.82, 2.24) is 9.97 Å². The summed E-state index contributed by atoms with van der Waals surface area (Å²) in [5, 5.41) is 11.0. The molecule has 3 aromatic carbocycles. The number of benzene rings is 3. The summed E-state index contributed by atoms with van der Waals surface area (Å²) < 4.78 is 38.0. The van der Waals surface area contributed by atoms with Crippen molar-refractivity contribution in [3.8, 4) is 22.6 Å². The van der Waals surface area contributed by atoms with Crippen LogP contribution in [0.3, 0.4) is 0 Å². The van der Waals surface area contributed by atoms with E-state index < -0.39 is 20.2 Å². The number of sulfone groups is 1. The maximum absolute atomic E-state index is 13.2. The van der Waals surface area contributed by atoms with Crippen LogP contribution in [-0.4, -0.2) is 30.4 Å². The Morgan fingerprint density at radius 2 is 1.78 bits per heavy atom. The van der Waals surface area contributed by atoms with Gasteiger partial charge < -0.3 is 20.9 Å². The maximum atomic E-state index is 13.2. The molecule has 0 fully saturated rings. The number of non-ortho nitro benzene ring substituents is 1. The van der Waals surface area contributed by atoms with E-state index in [0.717, 1.165) is 5.56 Å². The van der Waals surface area contributed by atoms with Crippen LogP contribution in [0.25, 0.3) is 11.1 Å². The number of nitrogens with zero attached hydrogens (tertiary/aromatic N) is 3. The number of rotatable bonds is 7. The van der Waals surface area contributed by atoms with Crippen molar-refractivity contribution >= 4 is 27.3 Å². The molecular weight excluding hydrogens is 498 g/mol. The van der Waals surface area contributed by atoms with Crippen LogP contribution in [0.5, 0.6) is 11.5 Å². The smallest absolute Gasteiger partial charge is 0.269 e. The number of nitrogen functional groups attached to an aromatic ring is 2. The van der Waals surface area contributed by atoms with Gasteiger partial charge in [-0.1, -0.05) is 12.1 Å². The van der Waals surface area contributed by atoms with Crippen molar-refractivity contribution < 1.29 is 22.8 Å². The zero-order valence-electron chi connectivity index (χ0n) is 19.5. The van der Waals surface area contributed by atoms with Crippen LogP contribution in [0.15, 0.2) is 71.8 Å². The molecule has 12 heteroatoms. The first-order valence-electron chi connectivity index (χ1n) is 11.0. The predicted molar refractivity (Wildman–Crippen MR) is 136 cm³/mol. The molecule has 2 aliphatic heterocycles. The second-order valence-corrected chi connectivity index (χ2v) is 10.3. The average molecular weight is 520 g/mol. The van der Waals surface area contributed by atoms with Gasteiger partial charge in [-0.2, -0.15) is 4.98 Å². The van der Waals surface area contributed by atoms with Gasteiger partial charge in [0.15, 0.2) is 11.5 Å². The molecule has 2 aliphatic rings. The molecule has 2 bridgehead atoms. The Morgan fingerprint density at radius 3 is 2.46 bits per heavy atom. The number of methoxy groups -OCH3 is 1. The molecule has 0 amide bonds. The van der Waals surface area contributed by atoms with Gasteiger partial charge in [-0.3, -0.25) is 10.1 Å². The first-order valence-corrected chi connectivity index (χ1v) is 12.5. The van der Waals surface area contributed by atoms with Crippen LogP contribution in [0.2, 0.25) is 0 Å². The molecule has 188 valence electrons. The fourth-order valence-corrected chi connectivity index (χ4v) is 5.73. The Hall–Kier alpha value is -4.71. The average Bonchev–Trinajstić information content (AvgIpc) is 2.88. The van der Waals surface area contributed by atoms with Crippen molar-refractivity contribution in [3.05, 3.63) is 93.7 Å². The van der Waals surface area contributed by atoms with Crippen molar-refractivity contribution in [2.45, 2.75) is 16.8 Å². The number of fused-ring (bicyclic) bond motifs is 3. The van der Waals surface area contributed by atoms with E-state index in [2.05, 4.69) is 9.97 Å². The SMILES string of the molecule is COc1cc(Cc2cnc(N)nc2N)ccc1OC1c2ccc(cc2-c2ccc([N+](=O)[O-])cc2)S1(=O)=O. The Bertz CT molecular complexity index is 1640.